The van der Waals surface area contributed by atoms with Crippen molar-refractivity contribution in [3.8, 4) is 0 Å². The van der Waals surface area contributed by atoms with Gasteiger partial charge in [-0.3, -0.25) is 4.72 Å². The molecule has 0 aliphatic rings. The fraction of sp³-hybridized carbons (Fsp3) is 0. The van der Waals surface area contributed by atoms with E-state index < -0.39 is 16.1 Å². The van der Waals surface area contributed by atoms with Gasteiger partial charge in [-0.15, -0.1) is 0 Å². The van der Waals surface area contributed by atoms with Crippen LogP contribution in [0, 0.1) is 0 Å². The number of amides is 2. The second-order valence-electron chi connectivity index (χ2n) is 4.28. The average molecular weight is 318 g/mol. The van der Waals surface area contributed by atoms with Crippen molar-refractivity contribution < 1.29 is 13.2 Å². The maximum atomic E-state index is 12.2. The van der Waals surface area contributed by atoms with Crippen LogP contribution in [0.5, 0.6) is 0 Å². The van der Waals surface area contributed by atoms with Crippen molar-refractivity contribution >= 4 is 28.0 Å². The molecule has 7 nitrogen and oxygen atoms in total. The highest BCUT2D eigenvalue weighted by Crippen LogP contribution is 2.16. The minimum Gasteiger partial charge on any atom is -0.350 e. The number of nitrogens with two attached hydrogens (primary N) is 1. The largest absolute Gasteiger partial charge is 0.350 e. The molecule has 0 aliphatic heterocycles. The molecule has 8 heteroatoms. The molecule has 0 spiro atoms. The van der Waals surface area contributed by atoms with E-state index in [1.54, 1.807) is 42.5 Å². The molecule has 0 bridgehead atoms. The Hall–Kier alpha value is -2.87. The lowest BCUT2D eigenvalue weighted by molar-refractivity contribution is 0.249. The molecule has 22 heavy (non-hydrogen) atoms. The summed E-state index contributed by atoms with van der Waals surface area (Å²) in [5.74, 6) is 0. The zero-order valence-electron chi connectivity index (χ0n) is 11.4. The Morgan fingerprint density at radius 2 is 1.82 bits per heavy atom. The molecule has 0 aromatic heterocycles. The van der Waals surface area contributed by atoms with Gasteiger partial charge in [0.1, 0.15) is 0 Å². The monoisotopic (exact) mass is 318 g/mol. The summed E-state index contributed by atoms with van der Waals surface area (Å²) in [4.78, 5) is 10.7. The zero-order chi connectivity index (χ0) is 16.0. The third kappa shape index (κ3) is 4.32. The number of primary amides is 1. The number of hydrazone groups is 1. The first-order chi connectivity index (χ1) is 10.5. The minimum atomic E-state index is -3.65. The van der Waals surface area contributed by atoms with E-state index in [2.05, 4.69) is 15.2 Å². The number of hydrogen-bond acceptors (Lipinski definition) is 4. The number of urea groups is 1. The van der Waals surface area contributed by atoms with Crippen LogP contribution in [0.2, 0.25) is 0 Å². The van der Waals surface area contributed by atoms with E-state index in [0.29, 0.717) is 11.3 Å². The average Bonchev–Trinajstić information content (AvgIpc) is 2.48. The number of carbonyl (C=O) groups excluding carboxylic acids is 1. The van der Waals surface area contributed by atoms with E-state index in [0.717, 1.165) is 0 Å². The van der Waals surface area contributed by atoms with Crippen molar-refractivity contribution in [2.45, 2.75) is 4.90 Å². The molecule has 4 N–H and O–H groups in total. The zero-order valence-corrected chi connectivity index (χ0v) is 12.2. The molecule has 0 radical (unpaired) electrons. The van der Waals surface area contributed by atoms with Gasteiger partial charge in [-0.2, -0.15) is 5.10 Å². The molecule has 0 aliphatic carbocycles. The predicted molar refractivity (Wildman–Crippen MR) is 84.0 cm³/mol. The second kappa shape index (κ2) is 6.72. The number of nitrogens with zero attached hydrogens (tertiary/aromatic N) is 1. The Balaban J connectivity index is 2.17. The molecule has 114 valence electrons. The van der Waals surface area contributed by atoms with Crippen molar-refractivity contribution in [3.05, 3.63) is 60.2 Å². The third-order valence-electron chi connectivity index (χ3n) is 2.58. The number of anilines is 1. The van der Waals surface area contributed by atoms with Gasteiger partial charge < -0.3 is 5.73 Å². The molecule has 2 amide bonds. The molecular formula is C14H14N4O3S. The summed E-state index contributed by atoms with van der Waals surface area (Å²) >= 11 is 0. The number of benzene rings is 2. The number of nitrogens with one attached hydrogen (secondary N) is 2. The molecule has 0 atom stereocenters. The van der Waals surface area contributed by atoms with Gasteiger partial charge in [-0.25, -0.2) is 18.6 Å². The van der Waals surface area contributed by atoms with E-state index in [4.69, 9.17) is 5.73 Å². The van der Waals surface area contributed by atoms with Gasteiger partial charge in [0.05, 0.1) is 11.1 Å². The molecule has 0 heterocycles. The molecule has 2 rings (SSSR count). The standard InChI is InChI=1S/C14H14N4O3S/c15-14(19)17-16-10-11-5-4-6-12(9-11)18-22(20,21)13-7-2-1-3-8-13/h1-10,18H,(H3,15,17,19). The van der Waals surface area contributed by atoms with Gasteiger partial charge in [0.2, 0.25) is 0 Å². The van der Waals surface area contributed by atoms with E-state index in [1.807, 2.05) is 0 Å². The number of sulfonamides is 1. The Kier molecular flexibility index (Phi) is 4.74. The van der Waals surface area contributed by atoms with E-state index in [9.17, 15) is 13.2 Å². The van der Waals surface area contributed by atoms with Crippen LogP contribution in [-0.2, 0) is 10.0 Å². The van der Waals surface area contributed by atoms with Gasteiger partial charge in [-0.05, 0) is 29.8 Å². The first kappa shape index (κ1) is 15.5. The normalized spacial score (nSPS) is 11.3. The maximum absolute atomic E-state index is 12.2. The Bertz CT molecular complexity index is 789. The molecule has 0 saturated heterocycles. The van der Waals surface area contributed by atoms with Crippen molar-refractivity contribution in [2.24, 2.45) is 10.8 Å². The topological polar surface area (TPSA) is 114 Å². The Labute approximate surface area is 127 Å². The molecular weight excluding hydrogens is 304 g/mol. The van der Waals surface area contributed by atoms with Gasteiger partial charge in [0, 0.05) is 5.69 Å². The smallest absolute Gasteiger partial charge is 0.332 e. The molecule has 0 unspecified atom stereocenters. The first-order valence-electron chi connectivity index (χ1n) is 6.24. The SMILES string of the molecule is NC(=O)NN=Cc1cccc(NS(=O)(=O)c2ccccc2)c1. The van der Waals surface area contributed by atoms with Crippen LogP contribution in [-0.4, -0.2) is 20.7 Å². The summed E-state index contributed by atoms with van der Waals surface area (Å²) in [7, 11) is -3.65. The Morgan fingerprint density at radius 3 is 2.50 bits per heavy atom. The van der Waals surface area contributed by atoms with Crippen LogP contribution in [0.1, 0.15) is 5.56 Å². The van der Waals surface area contributed by atoms with Crippen molar-refractivity contribution in [2.75, 3.05) is 4.72 Å². The lowest BCUT2D eigenvalue weighted by Gasteiger charge is -2.08. The summed E-state index contributed by atoms with van der Waals surface area (Å²) in [5, 5.41) is 3.61. The summed E-state index contributed by atoms with van der Waals surface area (Å²) in [6.45, 7) is 0. The number of hydrogen-bond donors (Lipinski definition) is 3. The summed E-state index contributed by atoms with van der Waals surface area (Å²) in [6, 6.07) is 13.8. The fourth-order valence-electron chi connectivity index (χ4n) is 1.67. The van der Waals surface area contributed by atoms with Gasteiger partial charge in [-0.1, -0.05) is 30.3 Å². The van der Waals surface area contributed by atoms with Crippen LogP contribution in [0.25, 0.3) is 0 Å². The van der Waals surface area contributed by atoms with Crippen LogP contribution in [0.3, 0.4) is 0 Å². The summed E-state index contributed by atoms with van der Waals surface area (Å²) in [5.41, 5.74) is 7.92. The van der Waals surface area contributed by atoms with Gasteiger partial charge in [0.25, 0.3) is 10.0 Å². The lowest BCUT2D eigenvalue weighted by Crippen LogP contribution is -2.24. The van der Waals surface area contributed by atoms with Crippen LogP contribution in [0.15, 0.2) is 64.6 Å². The van der Waals surface area contributed by atoms with Gasteiger partial charge >= 0.3 is 6.03 Å². The summed E-state index contributed by atoms with van der Waals surface area (Å²) < 4.78 is 26.9. The molecule has 2 aromatic rings. The third-order valence-corrected chi connectivity index (χ3v) is 3.98. The van der Waals surface area contributed by atoms with E-state index >= 15 is 0 Å². The maximum Gasteiger partial charge on any atom is 0.332 e. The highest BCUT2D eigenvalue weighted by atomic mass is 32.2. The predicted octanol–water partition coefficient (Wildman–Crippen LogP) is 1.49. The van der Waals surface area contributed by atoms with Crippen LogP contribution >= 0.6 is 0 Å². The number of rotatable bonds is 5. The van der Waals surface area contributed by atoms with Crippen molar-refractivity contribution in [1.29, 1.82) is 0 Å². The van der Waals surface area contributed by atoms with Gasteiger partial charge in [0.15, 0.2) is 0 Å². The highest BCUT2D eigenvalue weighted by molar-refractivity contribution is 7.92. The summed E-state index contributed by atoms with van der Waals surface area (Å²) in [6.07, 6.45) is 1.35. The minimum absolute atomic E-state index is 0.171. The molecule has 0 fully saturated rings. The quantitative estimate of drug-likeness (QED) is 0.573. The van der Waals surface area contributed by atoms with Crippen molar-refractivity contribution in [3.63, 3.8) is 0 Å². The number of carbonyl (C=O) groups is 1. The first-order valence-corrected chi connectivity index (χ1v) is 7.72. The lowest BCUT2D eigenvalue weighted by atomic mass is 10.2. The van der Waals surface area contributed by atoms with E-state index in [-0.39, 0.29) is 4.90 Å². The highest BCUT2D eigenvalue weighted by Gasteiger charge is 2.13. The fourth-order valence-corrected chi connectivity index (χ4v) is 2.74. The van der Waals surface area contributed by atoms with E-state index in [1.165, 1.54) is 18.3 Å². The van der Waals surface area contributed by atoms with Crippen LogP contribution in [0.4, 0.5) is 10.5 Å². The molecule has 2 aromatic carbocycles. The van der Waals surface area contributed by atoms with Crippen molar-refractivity contribution in [1.82, 2.24) is 5.43 Å². The Morgan fingerprint density at radius 1 is 1.09 bits per heavy atom. The molecule has 0 saturated carbocycles. The second-order valence-corrected chi connectivity index (χ2v) is 5.96. The van der Waals surface area contributed by atoms with Crippen LogP contribution < -0.4 is 15.9 Å².